The lowest BCUT2D eigenvalue weighted by molar-refractivity contribution is 0.133. The first kappa shape index (κ1) is 16.1. The predicted molar refractivity (Wildman–Crippen MR) is 75.3 cm³/mol. The van der Waals surface area contributed by atoms with Crippen LogP contribution in [0.2, 0.25) is 0 Å². The molecule has 1 atom stereocenters. The van der Waals surface area contributed by atoms with E-state index in [1.807, 2.05) is 13.0 Å². The molecule has 6 heteroatoms. The molecule has 0 aliphatic rings. The third kappa shape index (κ3) is 4.58. The molecule has 0 aliphatic carbocycles. The molecule has 3 N–H and O–H groups in total. The fourth-order valence-corrected chi connectivity index (χ4v) is 3.24. The van der Waals surface area contributed by atoms with Crippen molar-refractivity contribution in [1.29, 1.82) is 0 Å². The third-order valence-corrected chi connectivity index (χ3v) is 4.44. The maximum atomic E-state index is 12.3. The van der Waals surface area contributed by atoms with Gasteiger partial charge >= 0.3 is 0 Å². The van der Waals surface area contributed by atoms with Crippen molar-refractivity contribution < 1.29 is 13.2 Å². The summed E-state index contributed by atoms with van der Waals surface area (Å²) in [4.78, 5) is 0.277. The van der Waals surface area contributed by atoms with Crippen molar-refractivity contribution >= 4 is 10.0 Å². The molecule has 0 spiro atoms. The van der Waals surface area contributed by atoms with Crippen molar-refractivity contribution in [3.63, 3.8) is 0 Å². The van der Waals surface area contributed by atoms with Crippen LogP contribution >= 0.6 is 0 Å². The summed E-state index contributed by atoms with van der Waals surface area (Å²) in [5.41, 5.74) is 7.04. The Morgan fingerprint density at radius 3 is 2.68 bits per heavy atom. The van der Waals surface area contributed by atoms with Gasteiger partial charge in [0.25, 0.3) is 0 Å². The summed E-state index contributed by atoms with van der Waals surface area (Å²) < 4.78 is 32.4. The molecular weight excluding hydrogens is 264 g/mol. The molecule has 0 saturated heterocycles. The van der Waals surface area contributed by atoms with E-state index < -0.39 is 10.0 Å². The van der Waals surface area contributed by atoms with Gasteiger partial charge in [0.05, 0.1) is 11.5 Å². The van der Waals surface area contributed by atoms with Crippen LogP contribution in [0.5, 0.6) is 0 Å². The molecule has 0 saturated carbocycles. The van der Waals surface area contributed by atoms with Crippen LogP contribution in [0.3, 0.4) is 0 Å². The molecule has 5 nitrogen and oxygen atoms in total. The minimum absolute atomic E-state index is 0.272. The highest BCUT2D eigenvalue weighted by Gasteiger charge is 2.19. The summed E-state index contributed by atoms with van der Waals surface area (Å²) >= 11 is 0. The Bertz CT molecular complexity index is 515. The quantitative estimate of drug-likeness (QED) is 0.788. The summed E-state index contributed by atoms with van der Waals surface area (Å²) in [7, 11) is -3.54. The second-order valence-corrected chi connectivity index (χ2v) is 6.17. The Morgan fingerprint density at radius 1 is 1.42 bits per heavy atom. The fourth-order valence-electron chi connectivity index (χ4n) is 1.72. The first-order valence-electron chi connectivity index (χ1n) is 6.30. The Kier molecular flexibility index (Phi) is 5.93. The summed E-state index contributed by atoms with van der Waals surface area (Å²) in [6.45, 7) is 6.64. The maximum absolute atomic E-state index is 12.3. The third-order valence-electron chi connectivity index (χ3n) is 2.71. The van der Waals surface area contributed by atoms with E-state index in [2.05, 4.69) is 4.72 Å². The lowest BCUT2D eigenvalue weighted by Crippen LogP contribution is -2.36. The second kappa shape index (κ2) is 7.00. The Morgan fingerprint density at radius 2 is 2.11 bits per heavy atom. The van der Waals surface area contributed by atoms with Crippen molar-refractivity contribution in [2.75, 3.05) is 13.2 Å². The van der Waals surface area contributed by atoms with Gasteiger partial charge in [-0.25, -0.2) is 13.1 Å². The number of nitrogens with two attached hydrogens (primary N) is 1. The van der Waals surface area contributed by atoms with Crippen LogP contribution in [-0.2, 0) is 21.3 Å². The van der Waals surface area contributed by atoms with Gasteiger partial charge < -0.3 is 10.5 Å². The maximum Gasteiger partial charge on any atom is 0.241 e. The topological polar surface area (TPSA) is 81.4 Å². The second-order valence-electron chi connectivity index (χ2n) is 4.49. The monoisotopic (exact) mass is 286 g/mol. The molecule has 0 bridgehead atoms. The smallest absolute Gasteiger partial charge is 0.241 e. The summed E-state index contributed by atoms with van der Waals surface area (Å²) in [5, 5.41) is 0. The number of nitrogens with one attached hydrogen (secondary N) is 1. The molecule has 0 fully saturated rings. The zero-order valence-electron chi connectivity index (χ0n) is 11.6. The molecule has 108 valence electrons. The summed E-state index contributed by atoms with van der Waals surface area (Å²) in [6.07, 6.45) is 0. The first-order chi connectivity index (χ1) is 8.90. The van der Waals surface area contributed by atoms with E-state index in [9.17, 15) is 8.42 Å². The highest BCUT2D eigenvalue weighted by Crippen LogP contribution is 2.17. The lowest BCUT2D eigenvalue weighted by Gasteiger charge is -2.15. The lowest BCUT2D eigenvalue weighted by atomic mass is 10.1. The Balaban J connectivity index is 2.93. The molecule has 1 aromatic rings. The van der Waals surface area contributed by atoms with Gasteiger partial charge in [0.2, 0.25) is 10.0 Å². The van der Waals surface area contributed by atoms with E-state index >= 15 is 0 Å². The van der Waals surface area contributed by atoms with E-state index in [1.165, 1.54) is 0 Å². The van der Waals surface area contributed by atoms with Gasteiger partial charge in [0.15, 0.2) is 0 Å². The highest BCUT2D eigenvalue weighted by molar-refractivity contribution is 7.89. The van der Waals surface area contributed by atoms with Crippen LogP contribution in [-0.4, -0.2) is 27.7 Å². The van der Waals surface area contributed by atoms with Gasteiger partial charge in [-0.2, -0.15) is 0 Å². The van der Waals surface area contributed by atoms with E-state index in [1.54, 1.807) is 26.0 Å². The van der Waals surface area contributed by atoms with Crippen LogP contribution in [0.15, 0.2) is 23.1 Å². The molecule has 1 unspecified atom stereocenters. The number of hydrogen-bond acceptors (Lipinski definition) is 4. The average molecular weight is 286 g/mol. The molecule has 0 aromatic heterocycles. The minimum atomic E-state index is -3.54. The van der Waals surface area contributed by atoms with Crippen molar-refractivity contribution in [1.82, 2.24) is 4.72 Å². The first-order valence-corrected chi connectivity index (χ1v) is 7.78. The van der Waals surface area contributed by atoms with Crippen molar-refractivity contribution in [2.24, 2.45) is 5.73 Å². The predicted octanol–water partition coefficient (Wildman–Crippen LogP) is 1.16. The van der Waals surface area contributed by atoms with Crippen LogP contribution in [0.25, 0.3) is 0 Å². The molecule has 0 heterocycles. The van der Waals surface area contributed by atoms with Crippen LogP contribution in [0.4, 0.5) is 0 Å². The summed E-state index contributed by atoms with van der Waals surface area (Å²) in [6, 6.07) is 4.94. The van der Waals surface area contributed by atoms with Gasteiger partial charge in [0.1, 0.15) is 0 Å². The SMILES string of the molecule is CCOCC(C)NS(=O)(=O)c1cc(CN)ccc1C. The average Bonchev–Trinajstić information content (AvgIpc) is 2.36. The van der Waals surface area contributed by atoms with Gasteiger partial charge in [-0.3, -0.25) is 0 Å². The van der Waals surface area contributed by atoms with Crippen LogP contribution < -0.4 is 10.5 Å². The van der Waals surface area contributed by atoms with Crippen molar-refractivity contribution in [2.45, 2.75) is 38.3 Å². The van der Waals surface area contributed by atoms with Gasteiger partial charge in [0, 0.05) is 19.2 Å². The minimum Gasteiger partial charge on any atom is -0.380 e. The molecule has 0 radical (unpaired) electrons. The number of aryl methyl sites for hydroxylation is 1. The van der Waals surface area contributed by atoms with Crippen molar-refractivity contribution in [3.05, 3.63) is 29.3 Å². The number of sulfonamides is 1. The molecule has 0 amide bonds. The summed E-state index contributed by atoms with van der Waals surface area (Å²) in [5.74, 6) is 0. The number of rotatable bonds is 7. The van der Waals surface area contributed by atoms with Crippen LogP contribution in [0, 0.1) is 6.92 Å². The molecular formula is C13H22N2O3S. The van der Waals surface area contributed by atoms with Gasteiger partial charge in [-0.05, 0) is 38.0 Å². The van der Waals surface area contributed by atoms with E-state index in [4.69, 9.17) is 10.5 Å². The van der Waals surface area contributed by atoms with E-state index in [-0.39, 0.29) is 10.9 Å². The molecule has 0 aliphatic heterocycles. The zero-order valence-corrected chi connectivity index (χ0v) is 12.5. The fraction of sp³-hybridized carbons (Fsp3) is 0.538. The Labute approximate surface area is 115 Å². The molecule has 1 aromatic carbocycles. The standard InChI is InChI=1S/C13H22N2O3S/c1-4-18-9-11(3)15-19(16,17)13-7-12(8-14)6-5-10(13)2/h5-7,11,15H,4,8-9,14H2,1-3H3. The normalized spacial score (nSPS) is 13.5. The highest BCUT2D eigenvalue weighted by atomic mass is 32.2. The number of hydrogen-bond donors (Lipinski definition) is 2. The zero-order chi connectivity index (χ0) is 14.5. The van der Waals surface area contributed by atoms with Crippen molar-refractivity contribution in [3.8, 4) is 0 Å². The van der Waals surface area contributed by atoms with E-state index in [0.29, 0.717) is 25.3 Å². The molecule has 19 heavy (non-hydrogen) atoms. The van der Waals surface area contributed by atoms with E-state index in [0.717, 1.165) is 5.56 Å². The van der Waals surface area contributed by atoms with Gasteiger partial charge in [-0.15, -0.1) is 0 Å². The molecule has 1 rings (SSSR count). The number of ether oxygens (including phenoxy) is 1. The largest absolute Gasteiger partial charge is 0.380 e. The van der Waals surface area contributed by atoms with Gasteiger partial charge in [-0.1, -0.05) is 12.1 Å². The Hall–Kier alpha value is -0.950. The van der Waals surface area contributed by atoms with Crippen LogP contribution in [0.1, 0.15) is 25.0 Å². The number of benzene rings is 1.